The highest BCUT2D eigenvalue weighted by atomic mass is 16.2. The van der Waals surface area contributed by atoms with Crippen molar-refractivity contribution in [3.05, 3.63) is 29.8 Å². The van der Waals surface area contributed by atoms with Gasteiger partial charge in [0.1, 0.15) is 0 Å². The van der Waals surface area contributed by atoms with Crippen molar-refractivity contribution in [1.82, 2.24) is 10.6 Å². The van der Waals surface area contributed by atoms with Crippen LogP contribution in [-0.4, -0.2) is 30.8 Å². The predicted octanol–water partition coefficient (Wildman–Crippen LogP) is 1.54. The lowest BCUT2D eigenvalue weighted by atomic mass is 10.1. The summed E-state index contributed by atoms with van der Waals surface area (Å²) in [7, 11) is 0. The van der Waals surface area contributed by atoms with E-state index in [0.29, 0.717) is 36.7 Å². The van der Waals surface area contributed by atoms with Crippen LogP contribution in [-0.2, 0) is 9.59 Å². The zero-order chi connectivity index (χ0) is 16.5. The summed E-state index contributed by atoms with van der Waals surface area (Å²) in [6.07, 6.45) is 0.479. The SMILES string of the molecule is CC(=O)Nc1cccc(C(=O)NCCNC(=O)CC(C)C)c1. The Balaban J connectivity index is 2.39. The summed E-state index contributed by atoms with van der Waals surface area (Å²) in [6, 6.07) is 6.68. The van der Waals surface area contributed by atoms with Crippen molar-refractivity contribution < 1.29 is 14.4 Å². The van der Waals surface area contributed by atoms with Gasteiger partial charge >= 0.3 is 0 Å². The molecule has 1 aromatic rings. The van der Waals surface area contributed by atoms with Gasteiger partial charge in [-0.1, -0.05) is 19.9 Å². The molecular weight excluding hydrogens is 282 g/mol. The van der Waals surface area contributed by atoms with E-state index in [0.717, 1.165) is 0 Å². The van der Waals surface area contributed by atoms with Crippen molar-refractivity contribution in [1.29, 1.82) is 0 Å². The average Bonchev–Trinajstić information content (AvgIpc) is 2.42. The summed E-state index contributed by atoms with van der Waals surface area (Å²) in [5, 5.41) is 8.09. The molecule has 0 saturated heterocycles. The molecule has 0 atom stereocenters. The first kappa shape index (κ1) is 17.7. The number of anilines is 1. The van der Waals surface area contributed by atoms with Crippen LogP contribution >= 0.6 is 0 Å². The van der Waals surface area contributed by atoms with Gasteiger partial charge in [-0.3, -0.25) is 14.4 Å². The monoisotopic (exact) mass is 305 g/mol. The number of rotatable bonds is 7. The number of hydrogen-bond donors (Lipinski definition) is 3. The summed E-state index contributed by atoms with van der Waals surface area (Å²) < 4.78 is 0. The van der Waals surface area contributed by atoms with Crippen molar-refractivity contribution in [2.75, 3.05) is 18.4 Å². The van der Waals surface area contributed by atoms with Gasteiger partial charge in [0, 0.05) is 37.7 Å². The normalized spacial score (nSPS) is 10.2. The van der Waals surface area contributed by atoms with Gasteiger partial charge in [0.15, 0.2) is 0 Å². The Kier molecular flexibility index (Phi) is 7.08. The first-order valence-corrected chi connectivity index (χ1v) is 7.31. The van der Waals surface area contributed by atoms with Crippen LogP contribution in [0.2, 0.25) is 0 Å². The summed E-state index contributed by atoms with van der Waals surface area (Å²) >= 11 is 0. The molecule has 6 nitrogen and oxygen atoms in total. The fourth-order valence-electron chi connectivity index (χ4n) is 1.86. The second kappa shape index (κ2) is 8.81. The molecule has 0 fully saturated rings. The molecule has 6 heteroatoms. The third kappa shape index (κ3) is 6.88. The Hall–Kier alpha value is -2.37. The molecule has 0 aliphatic rings. The van der Waals surface area contributed by atoms with Crippen LogP contribution in [0, 0.1) is 5.92 Å². The molecule has 0 aliphatic heterocycles. The molecule has 3 N–H and O–H groups in total. The highest BCUT2D eigenvalue weighted by Crippen LogP contribution is 2.10. The Morgan fingerprint density at radius 1 is 1.09 bits per heavy atom. The molecule has 0 unspecified atom stereocenters. The second-order valence-electron chi connectivity index (χ2n) is 5.47. The third-order valence-corrected chi connectivity index (χ3v) is 2.77. The molecule has 0 saturated carbocycles. The molecule has 1 rings (SSSR count). The number of benzene rings is 1. The van der Waals surface area contributed by atoms with E-state index in [9.17, 15) is 14.4 Å². The Bertz CT molecular complexity index is 541. The zero-order valence-electron chi connectivity index (χ0n) is 13.2. The van der Waals surface area contributed by atoms with Crippen molar-refractivity contribution >= 4 is 23.4 Å². The summed E-state index contributed by atoms with van der Waals surface area (Å²) in [5.41, 5.74) is 1.03. The predicted molar refractivity (Wildman–Crippen MR) is 85.5 cm³/mol. The maximum atomic E-state index is 12.0. The van der Waals surface area contributed by atoms with Crippen LogP contribution in [0.4, 0.5) is 5.69 Å². The molecule has 120 valence electrons. The van der Waals surface area contributed by atoms with Crippen LogP contribution < -0.4 is 16.0 Å². The van der Waals surface area contributed by atoms with Crippen LogP contribution in [0.25, 0.3) is 0 Å². The van der Waals surface area contributed by atoms with Gasteiger partial charge < -0.3 is 16.0 Å². The van der Waals surface area contributed by atoms with E-state index in [4.69, 9.17) is 0 Å². The number of carbonyl (C=O) groups is 3. The third-order valence-electron chi connectivity index (χ3n) is 2.77. The highest BCUT2D eigenvalue weighted by molar-refractivity contribution is 5.96. The molecule has 0 radical (unpaired) electrons. The maximum absolute atomic E-state index is 12.0. The summed E-state index contributed by atoms with van der Waals surface area (Å²) in [5.74, 6) is -0.140. The lowest BCUT2D eigenvalue weighted by Crippen LogP contribution is -2.35. The number of hydrogen-bond acceptors (Lipinski definition) is 3. The molecule has 0 aliphatic carbocycles. The summed E-state index contributed by atoms with van der Waals surface area (Å²) in [6.45, 7) is 6.11. The van der Waals surface area contributed by atoms with Gasteiger partial charge in [-0.25, -0.2) is 0 Å². The van der Waals surface area contributed by atoms with E-state index in [1.165, 1.54) is 6.92 Å². The standard InChI is InChI=1S/C16H23N3O3/c1-11(2)9-15(21)17-7-8-18-16(22)13-5-4-6-14(10-13)19-12(3)20/h4-6,10-11H,7-9H2,1-3H3,(H,17,21)(H,18,22)(H,19,20). The van der Waals surface area contributed by atoms with Crippen LogP contribution in [0.15, 0.2) is 24.3 Å². The zero-order valence-corrected chi connectivity index (χ0v) is 13.2. The smallest absolute Gasteiger partial charge is 0.251 e. The summed E-state index contributed by atoms with van der Waals surface area (Å²) in [4.78, 5) is 34.4. The van der Waals surface area contributed by atoms with Gasteiger partial charge in [0.05, 0.1) is 0 Å². The Morgan fingerprint density at radius 2 is 1.77 bits per heavy atom. The van der Waals surface area contributed by atoms with Crippen molar-refractivity contribution in [2.45, 2.75) is 27.2 Å². The van der Waals surface area contributed by atoms with Crippen LogP contribution in [0.5, 0.6) is 0 Å². The van der Waals surface area contributed by atoms with E-state index in [1.807, 2.05) is 13.8 Å². The van der Waals surface area contributed by atoms with E-state index >= 15 is 0 Å². The first-order valence-electron chi connectivity index (χ1n) is 7.31. The number of amides is 3. The molecular formula is C16H23N3O3. The lowest BCUT2D eigenvalue weighted by Gasteiger charge is -2.09. The van der Waals surface area contributed by atoms with Crippen LogP contribution in [0.3, 0.4) is 0 Å². The highest BCUT2D eigenvalue weighted by Gasteiger charge is 2.07. The molecule has 1 aromatic carbocycles. The van der Waals surface area contributed by atoms with Gasteiger partial charge in [-0.2, -0.15) is 0 Å². The molecule has 0 spiro atoms. The molecule has 0 heterocycles. The molecule has 0 aromatic heterocycles. The Morgan fingerprint density at radius 3 is 2.41 bits per heavy atom. The van der Waals surface area contributed by atoms with E-state index < -0.39 is 0 Å². The average molecular weight is 305 g/mol. The fourth-order valence-corrected chi connectivity index (χ4v) is 1.86. The van der Waals surface area contributed by atoms with E-state index in [-0.39, 0.29) is 17.7 Å². The second-order valence-corrected chi connectivity index (χ2v) is 5.47. The van der Waals surface area contributed by atoms with Gasteiger partial charge in [0.2, 0.25) is 11.8 Å². The van der Waals surface area contributed by atoms with Crippen molar-refractivity contribution in [3.63, 3.8) is 0 Å². The van der Waals surface area contributed by atoms with Gasteiger partial charge in [-0.15, -0.1) is 0 Å². The fraction of sp³-hybridized carbons (Fsp3) is 0.438. The topological polar surface area (TPSA) is 87.3 Å². The minimum atomic E-state index is -0.245. The molecule has 22 heavy (non-hydrogen) atoms. The van der Waals surface area contributed by atoms with Crippen molar-refractivity contribution in [2.24, 2.45) is 5.92 Å². The van der Waals surface area contributed by atoms with Gasteiger partial charge in [0.25, 0.3) is 5.91 Å². The van der Waals surface area contributed by atoms with E-state index in [1.54, 1.807) is 24.3 Å². The molecule has 0 bridgehead atoms. The lowest BCUT2D eigenvalue weighted by molar-refractivity contribution is -0.121. The number of nitrogens with one attached hydrogen (secondary N) is 3. The maximum Gasteiger partial charge on any atom is 0.251 e. The van der Waals surface area contributed by atoms with Crippen molar-refractivity contribution in [3.8, 4) is 0 Å². The number of carbonyl (C=O) groups excluding carboxylic acids is 3. The van der Waals surface area contributed by atoms with Gasteiger partial charge in [-0.05, 0) is 24.1 Å². The largest absolute Gasteiger partial charge is 0.354 e. The first-order chi connectivity index (χ1) is 10.4. The quantitative estimate of drug-likeness (QED) is 0.668. The minimum absolute atomic E-state index is 0.0168. The molecule has 3 amide bonds. The van der Waals surface area contributed by atoms with E-state index in [2.05, 4.69) is 16.0 Å². The van der Waals surface area contributed by atoms with Crippen LogP contribution in [0.1, 0.15) is 37.6 Å². The Labute approximate surface area is 130 Å². The minimum Gasteiger partial charge on any atom is -0.354 e.